The third-order valence-corrected chi connectivity index (χ3v) is 22.5. The van der Waals surface area contributed by atoms with Crippen molar-refractivity contribution >= 4 is 6.16 Å². The first-order valence-corrected chi connectivity index (χ1v) is 45.5. The van der Waals surface area contributed by atoms with Crippen LogP contribution < -0.4 is 0 Å². The Balaban J connectivity index is 0. The third kappa shape index (κ3) is 62.9. The summed E-state index contributed by atoms with van der Waals surface area (Å²) in [6.45, 7) is 12.0. The topological polar surface area (TPSA) is 521 Å². The molecule has 1 unspecified atom stereocenters. The van der Waals surface area contributed by atoms with E-state index in [0.717, 1.165) is 209 Å². The number of ether oxygens (including phenoxy) is 2. The van der Waals surface area contributed by atoms with E-state index in [0.29, 0.717) is 25.0 Å². The van der Waals surface area contributed by atoms with Crippen LogP contribution >= 0.6 is 0 Å². The number of aliphatic hydroxyl groups is 22. The van der Waals surface area contributed by atoms with E-state index in [4.69, 9.17) is 101 Å². The highest BCUT2D eigenvalue weighted by atomic mass is 16.7. The molecule has 0 spiro atoms. The fourth-order valence-electron chi connectivity index (χ4n) is 14.3. The molecule has 27 heteroatoms. The first kappa shape index (κ1) is 121. The molecule has 722 valence electrons. The number of carbonyl (C=O) groups is 1. The van der Waals surface area contributed by atoms with E-state index in [1.54, 1.807) is 48.5 Å². The highest BCUT2D eigenvalue weighted by Crippen LogP contribution is 2.48. The zero-order valence-electron chi connectivity index (χ0n) is 76.0. The predicted molar refractivity (Wildman–Crippen MR) is 489 cm³/mol. The first-order valence-electron chi connectivity index (χ1n) is 45.5. The van der Waals surface area contributed by atoms with Crippen molar-refractivity contribution in [2.24, 2.45) is 29.1 Å². The number of benzene rings is 5. The van der Waals surface area contributed by atoms with E-state index in [-0.39, 0.29) is 153 Å². The molecule has 5 fully saturated rings. The van der Waals surface area contributed by atoms with Gasteiger partial charge in [-0.15, -0.1) is 0 Å². The maximum Gasteiger partial charge on any atom is 0.508 e. The SMILES string of the molecule is CC(C)(C1CCC(O)CC1)C1CCC(O)CC1.CC(C)(c1ccc(O)cc1)c1ccc(O)cc1.CC(O)CO.O=C(OCCCCCCO)OCCCCCCO.OC1CCC(CC2CCC(O)CC2)CC1.OC1CCC(O)CC1.OCCCCO.OCCCO.OCCO.OCCO.OCc1ccc(-c2ccc(CO)cc2)cc1.OCc1ccc(CO)cc1. The average molecular weight is 1780 g/mol. The van der Waals surface area contributed by atoms with Gasteiger partial charge in [0.15, 0.2) is 0 Å². The van der Waals surface area contributed by atoms with Gasteiger partial charge in [0.2, 0.25) is 0 Å². The number of carbonyl (C=O) groups excluding carboxylic acids is 1. The fourth-order valence-corrected chi connectivity index (χ4v) is 14.3. The minimum atomic E-state index is -0.598. The van der Waals surface area contributed by atoms with Crippen LogP contribution in [0.4, 0.5) is 4.79 Å². The standard InChI is InChI=1S/C15H28O2.C15H16O2.C14H14O2.C13H26O5.C13H24O2.C8H10O2.C6H12O2.C4H10O2.2C3H8O2.2C2H6O2/c2*1-15(2,11-3-7-13(16)8-4-11)12-5-9-14(17)10-6-12;15-9-11-1-5-13(6-2-11)14-7-3-12(10-16)4-8-14;14-9-5-1-3-7-11-17-13(16)18-12-8-4-2-6-10-15;14-12-5-1-10(2-6-12)9-11-3-7-13(15)8-4-11;9-5-7-1-2-8(6-10)4-3-7;7-5-1-2-6(8)4-3-5;5-3-1-2-4-6;1-3(5)2-4;4-2-1-3-5;2*3-1-2-4/h11-14,16-17H,3-10H2,1-2H3;3-10,16-17H,1-2H3;1-8,15-16H,9-10H2;14-15H,1-12H2;10-15H,1-9H2;1-4,9-10H,5-6H2;5-8H,1-4H2;5-6H,1-4H2;3-5H,2H2,1H3;4-5H,1-3H2;2*3-4H,1-2H2. The Kier molecular flexibility index (Phi) is 76.6. The van der Waals surface area contributed by atoms with Gasteiger partial charge in [-0.25, -0.2) is 4.79 Å². The van der Waals surface area contributed by atoms with Gasteiger partial charge in [0.05, 0.1) is 115 Å². The number of phenolic OH excluding ortho intramolecular Hbond substituents is 2. The maximum atomic E-state index is 11.1. The van der Waals surface area contributed by atoms with Gasteiger partial charge in [0, 0.05) is 45.1 Å². The lowest BCUT2D eigenvalue weighted by molar-refractivity contribution is 0.00231. The van der Waals surface area contributed by atoms with Crippen molar-refractivity contribution < 1.29 is 137 Å². The van der Waals surface area contributed by atoms with E-state index < -0.39 is 12.3 Å². The molecule has 0 bridgehead atoms. The van der Waals surface area contributed by atoms with Crippen molar-refractivity contribution in [2.45, 2.75) is 315 Å². The number of hydrogen-bond donors (Lipinski definition) is 24. The van der Waals surface area contributed by atoms with Gasteiger partial charge in [-0.3, -0.25) is 0 Å². The van der Waals surface area contributed by atoms with Crippen molar-refractivity contribution in [2.75, 3.05) is 85.9 Å². The lowest BCUT2D eigenvalue weighted by Gasteiger charge is -2.46. The van der Waals surface area contributed by atoms with E-state index in [9.17, 15) is 35.4 Å². The molecule has 0 radical (unpaired) electrons. The van der Waals surface area contributed by atoms with E-state index in [1.807, 2.05) is 72.8 Å². The normalized spacial score (nSPS) is 20.2. The van der Waals surface area contributed by atoms with Crippen LogP contribution in [-0.4, -0.2) is 257 Å². The van der Waals surface area contributed by atoms with Crippen molar-refractivity contribution in [1.29, 1.82) is 0 Å². The summed E-state index contributed by atoms with van der Waals surface area (Å²) in [4.78, 5) is 11.1. The molecule has 5 saturated carbocycles. The molecule has 5 aliphatic carbocycles. The smallest absolute Gasteiger partial charge is 0.508 e. The van der Waals surface area contributed by atoms with Crippen LogP contribution in [0.2, 0.25) is 0 Å². The molecule has 1 atom stereocenters. The van der Waals surface area contributed by atoms with E-state index in [2.05, 4.69) is 27.7 Å². The highest BCUT2D eigenvalue weighted by molar-refractivity contribution is 5.64. The molecular formula is C98H168O27. The van der Waals surface area contributed by atoms with Crippen LogP contribution in [0.25, 0.3) is 11.1 Å². The molecule has 10 rings (SSSR count). The molecule has 0 amide bonds. The van der Waals surface area contributed by atoms with E-state index >= 15 is 0 Å². The molecule has 27 nitrogen and oxygen atoms in total. The lowest BCUT2D eigenvalue weighted by Crippen LogP contribution is -2.38. The second kappa shape index (κ2) is 79.1. The number of aliphatic hydroxyl groups excluding tert-OH is 22. The number of aromatic hydroxyl groups is 2. The molecule has 5 aromatic carbocycles. The summed E-state index contributed by atoms with van der Waals surface area (Å²) in [5.74, 6) is 3.80. The van der Waals surface area contributed by atoms with Crippen LogP contribution in [0.1, 0.15) is 273 Å². The highest BCUT2D eigenvalue weighted by Gasteiger charge is 2.40. The van der Waals surface area contributed by atoms with Gasteiger partial charge in [0.1, 0.15) is 11.5 Å². The monoisotopic (exact) mass is 1780 g/mol. The van der Waals surface area contributed by atoms with Crippen LogP contribution in [-0.2, 0) is 41.3 Å². The summed E-state index contributed by atoms with van der Waals surface area (Å²) in [7, 11) is 0. The van der Waals surface area contributed by atoms with Crippen LogP contribution in [0.15, 0.2) is 121 Å². The Hall–Kier alpha value is -5.91. The minimum absolute atomic E-state index is 0.0190. The summed E-state index contributed by atoms with van der Waals surface area (Å²) in [5, 5.41) is 205. The zero-order valence-corrected chi connectivity index (χ0v) is 76.0. The molecule has 5 aromatic rings. The Morgan fingerprint density at radius 3 is 0.760 bits per heavy atom. The number of unbranched alkanes of at least 4 members (excludes halogenated alkanes) is 7. The third-order valence-electron chi connectivity index (χ3n) is 22.5. The molecular weight excluding hydrogens is 1610 g/mol. The van der Waals surface area contributed by atoms with Crippen LogP contribution in [0.3, 0.4) is 0 Å². The summed E-state index contributed by atoms with van der Waals surface area (Å²) in [5.41, 5.74) is 8.29. The average Bonchev–Trinajstić information content (AvgIpc) is 0.809. The summed E-state index contributed by atoms with van der Waals surface area (Å²) in [6, 6.07) is 37.2. The Morgan fingerprint density at radius 2 is 0.536 bits per heavy atom. The van der Waals surface area contributed by atoms with Gasteiger partial charge < -0.3 is 132 Å². The van der Waals surface area contributed by atoms with Crippen molar-refractivity contribution in [1.82, 2.24) is 0 Å². The predicted octanol–water partition coefficient (Wildman–Crippen LogP) is 11.0. The molecule has 0 heterocycles. The molecule has 5 aliphatic rings. The molecule has 0 saturated heterocycles. The molecule has 0 aromatic heterocycles. The van der Waals surface area contributed by atoms with Gasteiger partial charge in [0.25, 0.3) is 0 Å². The maximum absolute atomic E-state index is 11.1. The second-order valence-electron chi connectivity index (χ2n) is 33.5. The van der Waals surface area contributed by atoms with Crippen molar-refractivity contribution in [3.05, 3.63) is 155 Å². The largest absolute Gasteiger partial charge is 0.508 e. The number of hydrogen-bond acceptors (Lipinski definition) is 27. The quantitative estimate of drug-likeness (QED) is 0.0145. The van der Waals surface area contributed by atoms with Gasteiger partial charge in [-0.2, -0.15) is 0 Å². The summed E-state index contributed by atoms with van der Waals surface area (Å²) in [6.07, 6.45) is 29.5. The molecule has 125 heavy (non-hydrogen) atoms. The Bertz CT molecular complexity index is 2920. The van der Waals surface area contributed by atoms with Crippen molar-refractivity contribution in [3.63, 3.8) is 0 Å². The van der Waals surface area contributed by atoms with E-state index in [1.165, 1.54) is 64.7 Å². The summed E-state index contributed by atoms with van der Waals surface area (Å²) < 4.78 is 9.77. The number of phenols is 2. The molecule has 24 N–H and O–H groups in total. The van der Waals surface area contributed by atoms with Gasteiger partial charge in [-0.1, -0.05) is 138 Å². The molecule has 0 aliphatic heterocycles. The van der Waals surface area contributed by atoms with Gasteiger partial charge >= 0.3 is 6.16 Å². The first-order chi connectivity index (χ1) is 59.9. The van der Waals surface area contributed by atoms with Crippen molar-refractivity contribution in [3.8, 4) is 22.6 Å². The minimum Gasteiger partial charge on any atom is -0.508 e. The second-order valence-corrected chi connectivity index (χ2v) is 33.5. The van der Waals surface area contributed by atoms with Crippen LogP contribution in [0.5, 0.6) is 11.5 Å². The Labute approximate surface area is 746 Å². The fraction of sp³-hybridized carbons (Fsp3) is 0.684. The van der Waals surface area contributed by atoms with Gasteiger partial charge in [-0.05, 0) is 297 Å². The number of rotatable bonds is 31. The lowest BCUT2D eigenvalue weighted by atomic mass is 9.60. The van der Waals surface area contributed by atoms with Crippen LogP contribution in [0, 0.1) is 29.1 Å². The summed E-state index contributed by atoms with van der Waals surface area (Å²) >= 11 is 0. The zero-order chi connectivity index (χ0) is 93.9. The Morgan fingerprint density at radius 1 is 0.312 bits per heavy atom.